The van der Waals surface area contributed by atoms with E-state index in [4.69, 9.17) is 9.47 Å². The molecule has 1 amide bonds. The van der Waals surface area contributed by atoms with Gasteiger partial charge >= 0.3 is 12.1 Å². The summed E-state index contributed by atoms with van der Waals surface area (Å²) in [6.45, 7) is 2.40. The first-order valence-electron chi connectivity index (χ1n) is 7.16. The fourth-order valence-corrected chi connectivity index (χ4v) is 2.85. The minimum Gasteiger partial charge on any atom is -0.481 e. The maximum atomic E-state index is 12.3. The molecule has 1 fully saturated rings. The van der Waals surface area contributed by atoms with Gasteiger partial charge in [-0.25, -0.2) is 4.79 Å². The van der Waals surface area contributed by atoms with E-state index in [9.17, 15) is 14.7 Å². The van der Waals surface area contributed by atoms with Crippen LogP contribution >= 0.6 is 0 Å². The van der Waals surface area contributed by atoms with Crippen molar-refractivity contribution in [2.75, 3.05) is 20.3 Å². The third kappa shape index (κ3) is 3.57. The Balaban J connectivity index is 2.04. The molecule has 0 saturated carbocycles. The van der Waals surface area contributed by atoms with Crippen molar-refractivity contribution in [2.24, 2.45) is 5.92 Å². The summed E-state index contributed by atoms with van der Waals surface area (Å²) in [5, 5.41) is 9.20. The van der Waals surface area contributed by atoms with Gasteiger partial charge in [0.25, 0.3) is 0 Å². The topological polar surface area (TPSA) is 76.1 Å². The summed E-state index contributed by atoms with van der Waals surface area (Å²) in [7, 11) is 1.53. The zero-order valence-corrected chi connectivity index (χ0v) is 12.8. The predicted octanol–water partition coefficient (Wildman–Crippen LogP) is 2.13. The molecule has 0 spiro atoms. The van der Waals surface area contributed by atoms with Crippen molar-refractivity contribution < 1.29 is 24.2 Å². The van der Waals surface area contributed by atoms with E-state index in [0.717, 1.165) is 5.56 Å². The van der Waals surface area contributed by atoms with Crippen LogP contribution in [0.2, 0.25) is 0 Å². The largest absolute Gasteiger partial charge is 0.481 e. The van der Waals surface area contributed by atoms with E-state index in [1.165, 1.54) is 12.0 Å². The number of hydrogen-bond donors (Lipinski definition) is 1. The van der Waals surface area contributed by atoms with Crippen LogP contribution < -0.4 is 0 Å². The molecule has 1 aliphatic heterocycles. The van der Waals surface area contributed by atoms with E-state index >= 15 is 0 Å². The van der Waals surface area contributed by atoms with Crippen molar-refractivity contribution in [3.8, 4) is 0 Å². The number of nitrogens with zero attached hydrogens (tertiary/aromatic N) is 1. The molecule has 1 saturated heterocycles. The molecule has 2 rings (SSSR count). The summed E-state index contributed by atoms with van der Waals surface area (Å²) in [5.74, 6) is -1.50. The summed E-state index contributed by atoms with van der Waals surface area (Å²) in [5.41, 5.74) is 0.226. The molecule has 1 aromatic carbocycles. The highest BCUT2D eigenvalue weighted by Crippen LogP contribution is 2.34. The number of likely N-dealkylation sites (tertiary alicyclic amines) is 1. The highest BCUT2D eigenvalue weighted by Gasteiger charge is 2.47. The number of ether oxygens (including phenoxy) is 2. The minimum absolute atomic E-state index is 0.142. The van der Waals surface area contributed by atoms with E-state index in [-0.39, 0.29) is 19.8 Å². The van der Waals surface area contributed by atoms with E-state index < -0.39 is 23.5 Å². The Morgan fingerprint density at radius 1 is 1.36 bits per heavy atom. The molecule has 22 heavy (non-hydrogen) atoms. The van der Waals surface area contributed by atoms with Crippen LogP contribution in [0.25, 0.3) is 0 Å². The fourth-order valence-electron chi connectivity index (χ4n) is 2.85. The summed E-state index contributed by atoms with van der Waals surface area (Å²) in [6.07, 6.45) is -0.150. The Bertz CT molecular complexity index is 533. The van der Waals surface area contributed by atoms with E-state index in [0.29, 0.717) is 6.42 Å². The van der Waals surface area contributed by atoms with Gasteiger partial charge in [-0.2, -0.15) is 0 Å². The SMILES string of the molecule is COCC1(C)CC(C(=O)O)CN1C(=O)OCc1ccccc1. The second-order valence-electron chi connectivity index (χ2n) is 5.82. The van der Waals surface area contributed by atoms with Gasteiger partial charge in [-0.1, -0.05) is 30.3 Å². The predicted molar refractivity (Wildman–Crippen MR) is 79.4 cm³/mol. The van der Waals surface area contributed by atoms with Crippen LogP contribution in [0.5, 0.6) is 0 Å². The summed E-state index contributed by atoms with van der Waals surface area (Å²) >= 11 is 0. The average Bonchev–Trinajstić information content (AvgIpc) is 2.84. The molecule has 120 valence electrons. The third-order valence-electron chi connectivity index (χ3n) is 3.97. The Hall–Kier alpha value is -2.08. The van der Waals surface area contributed by atoms with Crippen LogP contribution in [0.15, 0.2) is 30.3 Å². The lowest BCUT2D eigenvalue weighted by Crippen LogP contribution is -2.48. The van der Waals surface area contributed by atoms with E-state index in [1.54, 1.807) is 0 Å². The van der Waals surface area contributed by atoms with Crippen LogP contribution in [0, 0.1) is 5.92 Å². The fraction of sp³-hybridized carbons (Fsp3) is 0.500. The second-order valence-corrected chi connectivity index (χ2v) is 5.82. The van der Waals surface area contributed by atoms with Crippen molar-refractivity contribution in [1.82, 2.24) is 4.90 Å². The number of carbonyl (C=O) groups excluding carboxylic acids is 1. The first-order chi connectivity index (χ1) is 10.5. The van der Waals surface area contributed by atoms with Crippen molar-refractivity contribution in [2.45, 2.75) is 25.5 Å². The molecule has 1 aliphatic rings. The average molecular weight is 307 g/mol. The Kier molecular flexibility index (Phi) is 5.03. The van der Waals surface area contributed by atoms with Crippen LogP contribution in [0.4, 0.5) is 4.79 Å². The first-order valence-corrected chi connectivity index (χ1v) is 7.16. The van der Waals surface area contributed by atoms with Gasteiger partial charge in [0, 0.05) is 13.7 Å². The number of rotatable bonds is 5. The highest BCUT2D eigenvalue weighted by atomic mass is 16.6. The molecular weight excluding hydrogens is 286 g/mol. The second kappa shape index (κ2) is 6.79. The number of aliphatic carboxylic acids is 1. The molecular formula is C16H21NO5. The summed E-state index contributed by atoms with van der Waals surface area (Å²) < 4.78 is 10.5. The van der Waals surface area contributed by atoms with Crippen molar-refractivity contribution in [1.29, 1.82) is 0 Å². The monoisotopic (exact) mass is 307 g/mol. The molecule has 0 bridgehead atoms. The Labute approximate surface area is 129 Å². The molecule has 2 atom stereocenters. The third-order valence-corrected chi connectivity index (χ3v) is 3.97. The van der Waals surface area contributed by atoms with E-state index in [1.807, 2.05) is 37.3 Å². The van der Waals surface area contributed by atoms with Crippen molar-refractivity contribution in [3.63, 3.8) is 0 Å². The van der Waals surface area contributed by atoms with Gasteiger partial charge in [0.2, 0.25) is 0 Å². The highest BCUT2D eigenvalue weighted by molar-refractivity contribution is 5.75. The zero-order valence-electron chi connectivity index (χ0n) is 12.8. The van der Waals surface area contributed by atoms with Gasteiger partial charge < -0.3 is 14.6 Å². The van der Waals surface area contributed by atoms with Gasteiger partial charge in [0.05, 0.1) is 18.1 Å². The van der Waals surface area contributed by atoms with Crippen molar-refractivity contribution in [3.05, 3.63) is 35.9 Å². The van der Waals surface area contributed by atoms with Crippen LogP contribution in [0.3, 0.4) is 0 Å². The lowest BCUT2D eigenvalue weighted by atomic mass is 9.95. The molecule has 1 N–H and O–H groups in total. The molecule has 1 aromatic rings. The summed E-state index contributed by atoms with van der Waals surface area (Å²) in [4.78, 5) is 25.0. The molecule has 2 unspecified atom stereocenters. The lowest BCUT2D eigenvalue weighted by Gasteiger charge is -2.33. The Morgan fingerprint density at radius 2 is 2.05 bits per heavy atom. The number of amides is 1. The molecule has 0 radical (unpaired) electrons. The standard InChI is InChI=1S/C16H21NO5/c1-16(11-21-2)8-13(14(18)19)9-17(16)15(20)22-10-12-6-4-3-5-7-12/h3-7,13H,8-11H2,1-2H3,(H,18,19). The molecule has 1 heterocycles. The van der Waals surface area contributed by atoms with Crippen molar-refractivity contribution >= 4 is 12.1 Å². The van der Waals surface area contributed by atoms with Crippen LogP contribution in [0.1, 0.15) is 18.9 Å². The van der Waals surface area contributed by atoms with Gasteiger partial charge in [-0.3, -0.25) is 9.69 Å². The van der Waals surface area contributed by atoms with Gasteiger partial charge in [0.15, 0.2) is 0 Å². The van der Waals surface area contributed by atoms with E-state index in [2.05, 4.69) is 0 Å². The number of carboxylic acid groups (broad SMARTS) is 1. The molecule has 6 heteroatoms. The normalized spacial score (nSPS) is 24.3. The quantitative estimate of drug-likeness (QED) is 0.902. The number of hydrogen-bond acceptors (Lipinski definition) is 4. The molecule has 0 aromatic heterocycles. The number of methoxy groups -OCH3 is 1. The number of carboxylic acids is 1. The van der Waals surface area contributed by atoms with Crippen LogP contribution in [-0.2, 0) is 20.9 Å². The maximum Gasteiger partial charge on any atom is 0.410 e. The number of carbonyl (C=O) groups is 2. The first kappa shape index (κ1) is 16.3. The smallest absolute Gasteiger partial charge is 0.410 e. The van der Waals surface area contributed by atoms with Gasteiger partial charge in [-0.05, 0) is 18.9 Å². The summed E-state index contributed by atoms with van der Waals surface area (Å²) in [6, 6.07) is 9.36. The minimum atomic E-state index is -0.902. The molecule has 0 aliphatic carbocycles. The zero-order chi connectivity index (χ0) is 16.2. The Morgan fingerprint density at radius 3 is 2.64 bits per heavy atom. The van der Waals surface area contributed by atoms with Gasteiger partial charge in [-0.15, -0.1) is 0 Å². The molecule has 6 nitrogen and oxygen atoms in total. The maximum absolute atomic E-state index is 12.3. The lowest BCUT2D eigenvalue weighted by molar-refractivity contribution is -0.141. The van der Waals surface area contributed by atoms with Gasteiger partial charge in [0.1, 0.15) is 6.61 Å². The number of benzene rings is 1. The van der Waals surface area contributed by atoms with Crippen LogP contribution in [-0.4, -0.2) is 47.9 Å².